The Morgan fingerprint density at radius 2 is 0.607 bits per heavy atom. The van der Waals surface area contributed by atoms with Gasteiger partial charge in [-0.15, -0.1) is 0 Å². The lowest BCUT2D eigenvalue weighted by Crippen LogP contribution is -2.50. The van der Waals surface area contributed by atoms with Crippen LogP contribution in [0.4, 0.5) is 0 Å². The van der Waals surface area contributed by atoms with Crippen molar-refractivity contribution in [2.45, 2.75) is 194 Å². The molecule has 11 aromatic rings. The molecule has 7 amide bonds. The second kappa shape index (κ2) is 46.7. The summed E-state index contributed by atoms with van der Waals surface area (Å²) in [6.07, 6.45) is 2.39. The Morgan fingerprint density at radius 3 is 0.881 bits per heavy atom. The number of carboxylic acid groups (broad SMARTS) is 2. The number of hydrogen-bond donors (Lipinski definition) is 11. The van der Waals surface area contributed by atoms with Crippen LogP contribution in [0.3, 0.4) is 0 Å². The van der Waals surface area contributed by atoms with Crippen LogP contribution in [0.2, 0.25) is 0 Å². The van der Waals surface area contributed by atoms with Crippen LogP contribution in [-0.4, -0.2) is 131 Å². The van der Waals surface area contributed by atoms with Gasteiger partial charge in [-0.05, 0) is 226 Å². The molecule has 11 aromatic carbocycles. The molecule has 3 atom stereocenters. The minimum atomic E-state index is -1.12. The fourth-order valence-corrected chi connectivity index (χ4v) is 14.3. The second-order valence-corrected chi connectivity index (χ2v) is 36.6. The van der Waals surface area contributed by atoms with Gasteiger partial charge in [-0.1, -0.05) is 224 Å². The van der Waals surface area contributed by atoms with E-state index in [-0.39, 0.29) is 97.9 Å². The fraction of sp³-hybridized carbons (Fsp3) is 0.294. The monoisotopic (exact) mass is 1830 g/mol. The number of benzene rings is 11. The van der Waals surface area contributed by atoms with Gasteiger partial charge < -0.3 is 77.2 Å². The van der Waals surface area contributed by atoms with E-state index in [1.165, 1.54) is 6.92 Å². The smallest absolute Gasteiger partial charge is 0.326 e. The number of nitrogens with one attached hydrogen (secondary N) is 9. The Kier molecular flexibility index (Phi) is 35.8. The standard InChI is InChI=1S/C42H48N4O6.C38H40N4O6.C29H33NO5/c1-27(25-43)37(39(49)44-26-29-15-20-34(51-7)21-16-29)46-38(48)35(45-36(47)24-30-12-17-31-10-8-9-11-32(31)22-30)23-28-13-18-33(19-14-28)42(5,6)40(50)52-41(2,3)4;1-24(22-39)34(36(45)40-23-26-12-17-31(48-4)18-13-26)42-35(44)32(20-25-10-15-30(16-11-25)38(2,3)37(46)47)41-33(43)21-27-9-14-28-7-5-6-8-29(28)19-27;1-28(2,3)35-27(34)29(4,5)23-14-11-19(12-15-23)17-24(26(32)33)30-25(31)18-20-10-13-21-8-6-7-9-22(21)16-20/h8-22,25,35,43H,23-24,26H2,1-7H3,(H,44,49)(H,45,47)(H,46,48);5-19,22,32,39H,20-21,23H2,1-4H3,(H,40,45)(H,41,43)(H,42,44)(H,46,47);6-16,24H,17-18H2,1-5H3,(H,30,31)(H,32,33)/b37-27+,43-25?;34-24+,39-22?;/t35-;32-;24-/m111/s1. The fourth-order valence-electron chi connectivity index (χ4n) is 14.3. The summed E-state index contributed by atoms with van der Waals surface area (Å²) < 4.78 is 21.5. The molecule has 704 valence electrons. The molecule has 0 unspecified atom stereocenters. The van der Waals surface area contributed by atoms with Crippen LogP contribution in [0.15, 0.2) is 271 Å². The normalized spacial score (nSPS) is 12.5. The van der Waals surface area contributed by atoms with Gasteiger partial charge in [-0.2, -0.15) is 0 Å². The summed E-state index contributed by atoms with van der Waals surface area (Å²) in [7, 11) is 3.13. The van der Waals surface area contributed by atoms with Gasteiger partial charge in [0.05, 0.1) is 49.7 Å². The molecule has 0 fully saturated rings. The molecule has 0 spiro atoms. The van der Waals surface area contributed by atoms with Crippen molar-refractivity contribution in [3.05, 3.63) is 332 Å². The van der Waals surface area contributed by atoms with Gasteiger partial charge in [0.2, 0.25) is 29.5 Å². The van der Waals surface area contributed by atoms with Gasteiger partial charge >= 0.3 is 23.9 Å². The van der Waals surface area contributed by atoms with Crippen molar-refractivity contribution in [1.29, 1.82) is 10.8 Å². The number of carbonyl (C=O) groups is 11. The van der Waals surface area contributed by atoms with E-state index >= 15 is 0 Å². The van der Waals surface area contributed by atoms with Gasteiger partial charge in [-0.25, -0.2) is 4.79 Å². The number of carboxylic acids is 2. The molecular weight excluding hydrogens is 1710 g/mol. The summed E-state index contributed by atoms with van der Waals surface area (Å²) in [6.45, 7) is 24.7. The molecule has 0 saturated carbocycles. The molecule has 0 heterocycles. The number of hydrogen-bond acceptors (Lipinski definition) is 17. The predicted molar refractivity (Wildman–Crippen MR) is 524 cm³/mol. The number of esters is 2. The third-order valence-electron chi connectivity index (χ3n) is 22.6. The third-order valence-corrected chi connectivity index (χ3v) is 22.6. The van der Waals surface area contributed by atoms with E-state index in [0.29, 0.717) is 28.2 Å². The van der Waals surface area contributed by atoms with Crippen molar-refractivity contribution in [2.24, 2.45) is 0 Å². The molecule has 11 N–H and O–H groups in total. The topological polar surface area (TPSA) is 397 Å². The summed E-state index contributed by atoms with van der Waals surface area (Å²) in [5, 5.41) is 60.3. The lowest BCUT2D eigenvalue weighted by molar-refractivity contribution is -0.161. The second-order valence-electron chi connectivity index (χ2n) is 36.6. The molecule has 26 nitrogen and oxygen atoms in total. The molecule has 0 aliphatic rings. The molecule has 0 aromatic heterocycles. The number of fused-ring (bicyclic) bond motifs is 3. The highest BCUT2D eigenvalue weighted by atomic mass is 16.6. The summed E-state index contributed by atoms with van der Waals surface area (Å²) in [6, 6.07) is 73.1. The van der Waals surface area contributed by atoms with Crippen LogP contribution in [0.5, 0.6) is 11.5 Å². The molecule has 0 saturated heterocycles. The molecule has 26 heteroatoms. The van der Waals surface area contributed by atoms with E-state index in [2.05, 4.69) is 37.2 Å². The average Bonchev–Trinajstić information content (AvgIpc) is 0.813. The lowest BCUT2D eigenvalue weighted by atomic mass is 9.84. The van der Waals surface area contributed by atoms with Crippen LogP contribution in [-0.2, 0) is 130 Å². The molecule has 0 aliphatic carbocycles. The first-order chi connectivity index (χ1) is 63.8. The van der Waals surface area contributed by atoms with Crippen molar-refractivity contribution < 1.29 is 81.9 Å². The van der Waals surface area contributed by atoms with Crippen LogP contribution < -0.4 is 46.7 Å². The Labute approximate surface area is 787 Å². The van der Waals surface area contributed by atoms with E-state index in [0.717, 1.165) is 89.3 Å². The van der Waals surface area contributed by atoms with Crippen molar-refractivity contribution in [3.63, 3.8) is 0 Å². The number of ether oxygens (including phenoxy) is 4. The van der Waals surface area contributed by atoms with Gasteiger partial charge in [0.25, 0.3) is 11.8 Å². The van der Waals surface area contributed by atoms with Crippen LogP contribution in [0, 0.1) is 10.8 Å². The van der Waals surface area contributed by atoms with E-state index in [1.54, 1.807) is 160 Å². The first kappa shape index (κ1) is 104. The van der Waals surface area contributed by atoms with Gasteiger partial charge in [0, 0.05) is 44.8 Å². The Balaban J connectivity index is 0.000000231. The molecule has 0 radical (unpaired) electrons. The van der Waals surface area contributed by atoms with Crippen LogP contribution >= 0.6 is 0 Å². The zero-order valence-electron chi connectivity index (χ0n) is 79.2. The minimum absolute atomic E-state index is 0.0188. The van der Waals surface area contributed by atoms with Crippen molar-refractivity contribution in [2.75, 3.05) is 14.2 Å². The number of amides is 7. The van der Waals surface area contributed by atoms with Crippen molar-refractivity contribution >= 4 is 110 Å². The van der Waals surface area contributed by atoms with Crippen molar-refractivity contribution in [3.8, 4) is 11.5 Å². The molecule has 0 aliphatic heterocycles. The highest BCUT2D eigenvalue weighted by molar-refractivity contribution is 6.05. The van der Waals surface area contributed by atoms with Crippen molar-refractivity contribution in [1.82, 2.24) is 37.2 Å². The van der Waals surface area contributed by atoms with Crippen LogP contribution in [0.25, 0.3) is 32.3 Å². The average molecular weight is 1830 g/mol. The first-order valence-corrected chi connectivity index (χ1v) is 44.2. The van der Waals surface area contributed by atoms with Gasteiger partial charge in [0.1, 0.15) is 52.2 Å². The highest BCUT2D eigenvalue weighted by Crippen LogP contribution is 2.32. The number of methoxy groups -OCH3 is 2. The molecule has 11 rings (SSSR count). The van der Waals surface area contributed by atoms with Crippen LogP contribution in [0.1, 0.15) is 158 Å². The third kappa shape index (κ3) is 30.4. The van der Waals surface area contributed by atoms with Gasteiger partial charge in [0.15, 0.2) is 0 Å². The summed E-state index contributed by atoms with van der Waals surface area (Å²) in [5.41, 5.74) is 4.29. The molecule has 135 heavy (non-hydrogen) atoms. The number of allylic oxidation sites excluding steroid dienone is 2. The zero-order valence-corrected chi connectivity index (χ0v) is 79.2. The summed E-state index contributed by atoms with van der Waals surface area (Å²) >= 11 is 0. The maximum absolute atomic E-state index is 13.9. The summed E-state index contributed by atoms with van der Waals surface area (Å²) in [5.74, 6) is -4.99. The Morgan fingerprint density at radius 1 is 0.341 bits per heavy atom. The minimum Gasteiger partial charge on any atom is -0.497 e. The van der Waals surface area contributed by atoms with E-state index in [4.69, 9.17) is 29.8 Å². The zero-order chi connectivity index (χ0) is 98.7. The SMILES string of the molecule is CC(C)(C)OC(=O)C(C)(C)c1ccc(C[C@@H](NC(=O)Cc2ccc3ccccc3c2)C(=O)O)cc1.COc1ccc(CNC(=O)/C(NC(=O)[C@@H](Cc2ccc(C(C)(C)C(=O)O)cc2)NC(=O)Cc2ccc3ccccc3c2)=C(/C)C=N)cc1.COc1ccc(CNC(=O)/C(NC(=O)[C@@H](Cc2ccc(C(C)(C)C(=O)OC(C)(C)C)cc2)NC(=O)Cc2ccc3ccccc3c2)=C(/C)C=N)cc1. The van der Waals surface area contributed by atoms with Gasteiger partial charge in [-0.3, -0.25) is 47.9 Å². The lowest BCUT2D eigenvalue weighted by Gasteiger charge is -2.29. The Bertz CT molecular complexity index is 6200. The maximum atomic E-state index is 13.9. The highest BCUT2D eigenvalue weighted by Gasteiger charge is 2.38. The summed E-state index contributed by atoms with van der Waals surface area (Å²) in [4.78, 5) is 143. The number of rotatable bonds is 36. The maximum Gasteiger partial charge on any atom is 0.326 e. The largest absolute Gasteiger partial charge is 0.497 e. The van der Waals surface area contributed by atoms with E-state index < -0.39 is 87.0 Å². The number of aliphatic carboxylic acids is 2. The van der Waals surface area contributed by atoms with E-state index in [1.807, 2.05) is 193 Å². The first-order valence-electron chi connectivity index (χ1n) is 44.2. The quantitative estimate of drug-likeness (QED) is 0.00987. The number of carbonyl (C=O) groups excluding carboxylic acids is 9. The molecular formula is C109H121N9O17. The molecule has 0 bridgehead atoms. The predicted octanol–water partition coefficient (Wildman–Crippen LogP) is 15.7. The van der Waals surface area contributed by atoms with E-state index in [9.17, 15) is 63.0 Å². The Hall–Kier alpha value is -15.2.